The van der Waals surface area contributed by atoms with E-state index in [9.17, 15) is 14.4 Å². The second-order valence-electron chi connectivity index (χ2n) is 15.7. The molecule has 1 radical (unpaired) electrons. The van der Waals surface area contributed by atoms with E-state index in [2.05, 4.69) is 143 Å². The van der Waals surface area contributed by atoms with Crippen LogP contribution in [0.1, 0.15) is 0 Å². The third kappa shape index (κ3) is 14.9. The van der Waals surface area contributed by atoms with Crippen LogP contribution in [0.25, 0.3) is 0 Å². The zero-order valence-electron chi connectivity index (χ0n) is 36.9. The molecule has 0 heterocycles. The standard InChI is InChI=1S/3C18H13Br3OSi.O.V/c3*19-13-1-7-16(8-2-13)23(22,17-9-3-14(20)4-10-17)18-11-5-15(21)6-12-18;;/h3*1-12,22H;;/q;;;-2;+2. The molecule has 4 nitrogen and oxygen atoms in total. The smallest absolute Gasteiger partial charge is 2.00 e. The summed E-state index contributed by atoms with van der Waals surface area (Å²) in [6.07, 6.45) is 0. The molecule has 9 aromatic rings. The van der Waals surface area contributed by atoms with Gasteiger partial charge in [0, 0.05) is 40.3 Å². The molecule has 3 N–H and O–H groups in total. The summed E-state index contributed by atoms with van der Waals surface area (Å²) in [7, 11) is -9.03. The molecule has 0 saturated heterocycles. The van der Waals surface area contributed by atoms with Gasteiger partial charge in [0.1, 0.15) is 0 Å². The number of hydrogen-bond acceptors (Lipinski definition) is 3. The molecule has 9 aromatic carbocycles. The Hall–Kier alpha value is -1.62. The van der Waals surface area contributed by atoms with Crippen LogP contribution in [0.15, 0.2) is 259 Å². The van der Waals surface area contributed by atoms with Crippen molar-refractivity contribution in [2.45, 2.75) is 0 Å². The Morgan fingerprint density at radius 1 is 0.183 bits per heavy atom. The van der Waals surface area contributed by atoms with Gasteiger partial charge in [0.2, 0.25) is 0 Å². The second kappa shape index (κ2) is 27.4. The molecular weight excluding hydrogens is 1570 g/mol. The third-order valence-corrected chi connectivity index (χ3v) is 26.6. The van der Waals surface area contributed by atoms with Gasteiger partial charge in [-0.05, 0) is 156 Å². The van der Waals surface area contributed by atoms with Crippen molar-refractivity contribution in [1.29, 1.82) is 0 Å². The molecule has 0 spiro atoms. The van der Waals surface area contributed by atoms with Gasteiger partial charge in [-0.3, -0.25) is 0 Å². The molecule has 0 aromatic heterocycles. The summed E-state index contributed by atoms with van der Waals surface area (Å²) in [5, 5.41) is 8.67. The summed E-state index contributed by atoms with van der Waals surface area (Å²) >= 11 is 31.2. The van der Waals surface area contributed by atoms with Crippen LogP contribution in [0, 0.1) is 0 Å². The first kappa shape index (κ1) is 60.2. The average Bonchev–Trinajstić information content (AvgIpc) is 3.35. The zero-order chi connectivity index (χ0) is 49.3. The van der Waals surface area contributed by atoms with E-state index >= 15 is 0 Å². The van der Waals surface area contributed by atoms with Crippen LogP contribution in [0.2, 0.25) is 0 Å². The van der Waals surface area contributed by atoms with Crippen LogP contribution < -0.4 is 46.7 Å². The molecule has 359 valence electrons. The topological polar surface area (TPSA) is 89.2 Å². The van der Waals surface area contributed by atoms with Crippen molar-refractivity contribution in [3.8, 4) is 0 Å². The van der Waals surface area contributed by atoms with Crippen LogP contribution in [0.3, 0.4) is 0 Å². The molecule has 0 aliphatic heterocycles. The molecule has 71 heavy (non-hydrogen) atoms. The van der Waals surface area contributed by atoms with Gasteiger partial charge in [0.15, 0.2) is 0 Å². The van der Waals surface area contributed by atoms with E-state index in [-0.39, 0.29) is 24.0 Å². The van der Waals surface area contributed by atoms with Gasteiger partial charge < -0.3 is 19.9 Å². The molecule has 0 unspecified atom stereocenters. The Labute approximate surface area is 505 Å². The van der Waals surface area contributed by atoms with E-state index in [1.165, 1.54) is 0 Å². The number of hydrogen-bond donors (Lipinski definition) is 3. The van der Waals surface area contributed by atoms with Crippen molar-refractivity contribution in [2.75, 3.05) is 0 Å². The summed E-state index contributed by atoms with van der Waals surface area (Å²) in [6, 6.07) is 71.6. The molecular formula is C54H39Br9O4Si3V. The first-order chi connectivity index (χ1) is 33.0. The van der Waals surface area contributed by atoms with Gasteiger partial charge in [0.25, 0.3) is 25.0 Å². The monoisotopic (exact) mass is 1600 g/mol. The Bertz CT molecular complexity index is 2420. The van der Waals surface area contributed by atoms with Crippen LogP contribution in [-0.2, 0) is 24.0 Å². The van der Waals surface area contributed by atoms with Gasteiger partial charge in [-0.25, -0.2) is 0 Å². The van der Waals surface area contributed by atoms with E-state index in [4.69, 9.17) is 0 Å². The van der Waals surface area contributed by atoms with Crippen molar-refractivity contribution in [2.24, 2.45) is 0 Å². The Kier molecular flexibility index (Phi) is 23.3. The fourth-order valence-corrected chi connectivity index (χ4v) is 18.9. The largest absolute Gasteiger partial charge is 2.00 e. The SMILES string of the molecule is O[Si](c1ccc(Br)cc1)(c1ccc(Br)cc1)c1ccc(Br)cc1.O[Si](c1ccc(Br)cc1)(c1ccc(Br)cc1)c1ccc(Br)cc1.O[Si](c1ccc(Br)cc1)(c1ccc(Br)cc1)c1ccc(Br)cc1.[O-2].[V+2]. The molecule has 0 aliphatic rings. The van der Waals surface area contributed by atoms with Gasteiger partial charge in [-0.1, -0.05) is 253 Å². The molecule has 0 fully saturated rings. The van der Waals surface area contributed by atoms with Gasteiger partial charge in [-0.2, -0.15) is 0 Å². The zero-order valence-corrected chi connectivity index (χ0v) is 55.6. The number of rotatable bonds is 9. The molecule has 0 saturated carbocycles. The number of benzene rings is 9. The fourth-order valence-electron chi connectivity index (χ4n) is 7.72. The molecule has 0 bridgehead atoms. The van der Waals surface area contributed by atoms with Gasteiger partial charge >= 0.3 is 18.6 Å². The molecule has 17 heteroatoms. The van der Waals surface area contributed by atoms with E-state index in [0.717, 1.165) is 86.9 Å². The normalized spacial score (nSPS) is 11.2. The van der Waals surface area contributed by atoms with Crippen LogP contribution in [0.5, 0.6) is 0 Å². The van der Waals surface area contributed by atoms with Crippen molar-refractivity contribution < 1.29 is 38.4 Å². The Morgan fingerprint density at radius 2 is 0.254 bits per heavy atom. The van der Waals surface area contributed by atoms with Crippen molar-refractivity contribution in [3.05, 3.63) is 259 Å². The summed E-state index contributed by atoms with van der Waals surface area (Å²) in [5.74, 6) is 0. The Morgan fingerprint density at radius 3 is 0.324 bits per heavy atom. The van der Waals surface area contributed by atoms with Crippen LogP contribution in [0.4, 0.5) is 0 Å². The van der Waals surface area contributed by atoms with E-state index in [1.54, 1.807) is 0 Å². The molecule has 0 aliphatic carbocycles. The predicted molar refractivity (Wildman–Crippen MR) is 329 cm³/mol. The van der Waals surface area contributed by atoms with Crippen LogP contribution in [-0.4, -0.2) is 39.3 Å². The summed E-state index contributed by atoms with van der Waals surface area (Å²) < 4.78 is 9.04. The quantitative estimate of drug-likeness (QED) is 0.0994. The first-order valence-corrected chi connectivity index (χ1v) is 34.0. The predicted octanol–water partition coefficient (Wildman–Crippen LogP) is 11.7. The fraction of sp³-hybridized carbons (Fsp3) is 0. The maximum Gasteiger partial charge on any atom is 2.00 e. The van der Waals surface area contributed by atoms with Crippen molar-refractivity contribution >= 4 is 215 Å². The summed E-state index contributed by atoms with van der Waals surface area (Å²) in [5.41, 5.74) is 0. The maximum atomic E-state index is 11.8. The second-order valence-corrected chi connectivity index (χ2v) is 33.4. The van der Waals surface area contributed by atoms with Crippen molar-refractivity contribution in [1.82, 2.24) is 0 Å². The van der Waals surface area contributed by atoms with Crippen molar-refractivity contribution in [3.63, 3.8) is 0 Å². The maximum absolute atomic E-state index is 11.8. The molecule has 0 amide bonds. The summed E-state index contributed by atoms with van der Waals surface area (Å²) in [6.45, 7) is 0. The minimum Gasteiger partial charge on any atom is -2.00 e. The van der Waals surface area contributed by atoms with E-state index in [0.29, 0.717) is 0 Å². The van der Waals surface area contributed by atoms with Gasteiger partial charge in [-0.15, -0.1) is 0 Å². The summed E-state index contributed by atoms with van der Waals surface area (Å²) in [4.78, 5) is 35.4. The van der Waals surface area contributed by atoms with E-state index in [1.807, 2.05) is 218 Å². The number of halogens is 9. The minimum atomic E-state index is -3.01. The van der Waals surface area contributed by atoms with Gasteiger partial charge in [0.05, 0.1) is 0 Å². The van der Waals surface area contributed by atoms with Crippen LogP contribution >= 0.6 is 143 Å². The molecule has 0 atom stereocenters. The Balaban J connectivity index is 0.000000195. The average molecular weight is 1610 g/mol. The van der Waals surface area contributed by atoms with E-state index < -0.39 is 25.0 Å². The minimum absolute atomic E-state index is 0. The molecule has 9 rings (SSSR count). The third-order valence-electron chi connectivity index (χ3n) is 11.4. The first-order valence-electron chi connectivity index (χ1n) is 21.0.